The number of sulfonamides is 1. The maximum Gasteiger partial charge on any atom is 0.240 e. The van der Waals surface area contributed by atoms with Gasteiger partial charge in [-0.3, -0.25) is 9.99 Å². The van der Waals surface area contributed by atoms with Gasteiger partial charge in [-0.15, -0.1) is 10.2 Å². The van der Waals surface area contributed by atoms with Crippen LogP contribution in [0, 0.1) is 0 Å². The predicted octanol–water partition coefficient (Wildman–Crippen LogP) is 4.21. The van der Waals surface area contributed by atoms with Crippen molar-refractivity contribution in [2.45, 2.75) is 11.8 Å². The zero-order chi connectivity index (χ0) is 27.2. The van der Waals surface area contributed by atoms with Crippen LogP contribution in [0.15, 0.2) is 108 Å². The molecule has 0 atom stereocenters. The number of hydrogen-bond donors (Lipinski definition) is 3. The molecule has 39 heavy (non-hydrogen) atoms. The summed E-state index contributed by atoms with van der Waals surface area (Å²) >= 11 is 0. The van der Waals surface area contributed by atoms with E-state index in [1.165, 1.54) is 19.2 Å². The fraction of sp³-hybridized carbons (Fsp3) is 0.0741. The van der Waals surface area contributed by atoms with E-state index in [1.54, 1.807) is 29.4 Å². The normalized spacial score (nSPS) is 11.8. The Labute approximate surface area is 225 Å². The van der Waals surface area contributed by atoms with Gasteiger partial charge in [-0.25, -0.2) is 13.1 Å². The first-order valence-electron chi connectivity index (χ1n) is 11.9. The van der Waals surface area contributed by atoms with Gasteiger partial charge < -0.3 is 5.32 Å². The first kappa shape index (κ1) is 25.7. The molecule has 0 saturated carbocycles. The molecule has 0 bridgehead atoms. The maximum atomic E-state index is 12.1. The first-order valence-corrected chi connectivity index (χ1v) is 13.4. The average molecular weight is 540 g/mol. The van der Waals surface area contributed by atoms with E-state index < -0.39 is 10.0 Å². The van der Waals surface area contributed by atoms with Crippen LogP contribution < -0.4 is 15.5 Å². The number of anilines is 3. The van der Waals surface area contributed by atoms with E-state index in [0.29, 0.717) is 28.9 Å². The van der Waals surface area contributed by atoms with E-state index in [-0.39, 0.29) is 4.90 Å². The lowest BCUT2D eigenvalue weighted by Crippen LogP contribution is -2.18. The van der Waals surface area contributed by atoms with E-state index in [2.05, 4.69) is 30.8 Å². The predicted molar refractivity (Wildman–Crippen MR) is 151 cm³/mol. The highest BCUT2D eigenvalue weighted by atomic mass is 32.2. The van der Waals surface area contributed by atoms with Gasteiger partial charge in [0.2, 0.25) is 16.0 Å². The molecule has 196 valence electrons. The highest BCUT2D eigenvalue weighted by Crippen LogP contribution is 2.33. The molecular formula is C27H25N9O2S. The molecule has 3 aromatic carbocycles. The molecule has 5 rings (SSSR count). The third-order valence-corrected chi connectivity index (χ3v) is 7.26. The summed E-state index contributed by atoms with van der Waals surface area (Å²) in [5.74, 6) is 1.35. The Balaban J connectivity index is 1.58. The number of aromatic nitrogens is 5. The van der Waals surface area contributed by atoms with Crippen molar-refractivity contribution in [1.82, 2.24) is 29.5 Å². The second-order valence-corrected chi connectivity index (χ2v) is 10.2. The van der Waals surface area contributed by atoms with Gasteiger partial charge in [-0.1, -0.05) is 60.7 Å². The molecule has 11 nitrogen and oxygen atoms in total. The van der Waals surface area contributed by atoms with Gasteiger partial charge in [-0.05, 0) is 49.4 Å². The van der Waals surface area contributed by atoms with E-state index in [4.69, 9.17) is 9.97 Å². The Bertz CT molecular complexity index is 1690. The van der Waals surface area contributed by atoms with E-state index >= 15 is 0 Å². The standard InChI is InChI=1S/C27H25N9O2S/c1-19(20-13-15-23(16-14-20)39(37,38)28-2)34-35-25-24(21-9-5-3-6-10-21)26(36-17-29-30-18-36)33-27(32-25)31-22-11-7-4-8-12-22/h3-18,28H,1-2H3,(H2,31,32,33,35). The summed E-state index contributed by atoms with van der Waals surface area (Å²) in [4.78, 5) is 9.71. The zero-order valence-electron chi connectivity index (χ0n) is 21.1. The van der Waals surface area contributed by atoms with Gasteiger partial charge in [0, 0.05) is 5.69 Å². The van der Waals surface area contributed by atoms with Gasteiger partial charge in [0.1, 0.15) is 12.7 Å². The summed E-state index contributed by atoms with van der Waals surface area (Å²) in [5.41, 5.74) is 6.86. The van der Waals surface area contributed by atoms with Gasteiger partial charge in [-0.2, -0.15) is 15.1 Å². The van der Waals surface area contributed by atoms with Crippen LogP contribution in [-0.4, -0.2) is 45.9 Å². The van der Waals surface area contributed by atoms with Crippen molar-refractivity contribution in [3.63, 3.8) is 0 Å². The fourth-order valence-corrected chi connectivity index (χ4v) is 4.53. The molecule has 0 aliphatic carbocycles. The van der Waals surface area contributed by atoms with E-state index in [9.17, 15) is 8.42 Å². The molecule has 5 aromatic rings. The topological polar surface area (TPSA) is 139 Å². The van der Waals surface area contributed by atoms with E-state index in [1.807, 2.05) is 67.6 Å². The second-order valence-electron chi connectivity index (χ2n) is 8.36. The Morgan fingerprint density at radius 2 is 1.49 bits per heavy atom. The Kier molecular flexibility index (Phi) is 7.39. The summed E-state index contributed by atoms with van der Waals surface area (Å²) in [5, 5.41) is 15.7. The highest BCUT2D eigenvalue weighted by Gasteiger charge is 2.19. The molecule has 2 heterocycles. The molecule has 0 radical (unpaired) electrons. The molecule has 0 amide bonds. The lowest BCUT2D eigenvalue weighted by molar-refractivity contribution is 0.588. The molecule has 0 saturated heterocycles. The van der Waals surface area contributed by atoms with Crippen LogP contribution in [0.2, 0.25) is 0 Å². The number of para-hydroxylation sites is 1. The van der Waals surface area contributed by atoms with Gasteiger partial charge in [0.25, 0.3) is 0 Å². The van der Waals surface area contributed by atoms with Crippen molar-refractivity contribution in [3.05, 3.63) is 103 Å². The number of hydrazone groups is 1. The lowest BCUT2D eigenvalue weighted by atomic mass is 10.1. The minimum absolute atomic E-state index is 0.173. The van der Waals surface area contributed by atoms with Crippen molar-refractivity contribution < 1.29 is 8.42 Å². The van der Waals surface area contributed by atoms with Crippen molar-refractivity contribution in [3.8, 4) is 16.9 Å². The molecule has 0 aliphatic heterocycles. The lowest BCUT2D eigenvalue weighted by Gasteiger charge is -2.16. The number of benzene rings is 3. The van der Waals surface area contributed by atoms with E-state index in [0.717, 1.165) is 16.8 Å². The largest absolute Gasteiger partial charge is 0.324 e. The van der Waals surface area contributed by atoms with Crippen molar-refractivity contribution in [2.75, 3.05) is 17.8 Å². The molecule has 0 fully saturated rings. The number of hydrogen-bond acceptors (Lipinski definition) is 9. The third kappa shape index (κ3) is 5.81. The van der Waals surface area contributed by atoms with Crippen LogP contribution in [0.5, 0.6) is 0 Å². The molecule has 0 unspecified atom stereocenters. The van der Waals surface area contributed by atoms with Crippen LogP contribution in [0.1, 0.15) is 12.5 Å². The average Bonchev–Trinajstić information content (AvgIpc) is 3.52. The summed E-state index contributed by atoms with van der Waals surface area (Å²) < 4.78 is 28.2. The summed E-state index contributed by atoms with van der Waals surface area (Å²) in [6, 6.07) is 25.8. The minimum Gasteiger partial charge on any atom is -0.324 e. The zero-order valence-corrected chi connectivity index (χ0v) is 22.0. The van der Waals surface area contributed by atoms with Crippen molar-refractivity contribution in [2.24, 2.45) is 5.10 Å². The molecule has 0 spiro atoms. The Hall–Kier alpha value is -4.94. The molecule has 0 aliphatic rings. The quantitative estimate of drug-likeness (QED) is 0.187. The van der Waals surface area contributed by atoms with Crippen LogP contribution >= 0.6 is 0 Å². The van der Waals surface area contributed by atoms with Gasteiger partial charge in [0.05, 0.1) is 16.2 Å². The van der Waals surface area contributed by atoms with Gasteiger partial charge in [0.15, 0.2) is 11.6 Å². The SMILES string of the molecule is CNS(=O)(=O)c1ccc(C(C)=NNc2nc(Nc3ccccc3)nc(-n3cnnc3)c2-c2ccccc2)cc1. The number of nitrogens with one attached hydrogen (secondary N) is 3. The molecular weight excluding hydrogens is 514 g/mol. The Morgan fingerprint density at radius 1 is 0.846 bits per heavy atom. The van der Waals surface area contributed by atoms with Crippen LogP contribution in [0.25, 0.3) is 16.9 Å². The third-order valence-electron chi connectivity index (χ3n) is 5.83. The van der Waals surface area contributed by atoms with Crippen LogP contribution in [0.4, 0.5) is 17.5 Å². The fourth-order valence-electron chi connectivity index (χ4n) is 3.80. The number of rotatable bonds is 9. The number of nitrogens with zero attached hydrogens (tertiary/aromatic N) is 6. The highest BCUT2D eigenvalue weighted by molar-refractivity contribution is 7.89. The second kappa shape index (κ2) is 11.2. The van der Waals surface area contributed by atoms with Crippen molar-refractivity contribution in [1.29, 1.82) is 0 Å². The summed E-state index contributed by atoms with van der Waals surface area (Å²) in [7, 11) is -2.16. The monoisotopic (exact) mass is 539 g/mol. The minimum atomic E-state index is -3.53. The molecule has 3 N–H and O–H groups in total. The molecule has 2 aromatic heterocycles. The first-order chi connectivity index (χ1) is 18.9. The maximum absolute atomic E-state index is 12.1. The van der Waals surface area contributed by atoms with Crippen LogP contribution in [0.3, 0.4) is 0 Å². The van der Waals surface area contributed by atoms with Crippen molar-refractivity contribution >= 4 is 33.2 Å². The molecule has 12 heteroatoms. The summed E-state index contributed by atoms with van der Waals surface area (Å²) in [6.45, 7) is 1.82. The Morgan fingerprint density at radius 3 is 2.13 bits per heavy atom. The smallest absolute Gasteiger partial charge is 0.240 e. The van der Waals surface area contributed by atoms with Crippen LogP contribution in [-0.2, 0) is 10.0 Å². The summed E-state index contributed by atoms with van der Waals surface area (Å²) in [6.07, 6.45) is 3.14. The van der Waals surface area contributed by atoms with Gasteiger partial charge >= 0.3 is 0 Å².